The second-order valence-electron chi connectivity index (χ2n) is 6.52. The second kappa shape index (κ2) is 5.54. The number of carbonyl (C=O) groups is 1. The molecule has 0 N–H and O–H groups in total. The fourth-order valence-corrected chi connectivity index (χ4v) is 2.40. The van der Waals surface area contributed by atoms with Gasteiger partial charge in [-0.15, -0.1) is 0 Å². The van der Waals surface area contributed by atoms with Crippen LogP contribution in [0.15, 0.2) is 0 Å². The van der Waals surface area contributed by atoms with Crippen molar-refractivity contribution in [1.82, 2.24) is 4.90 Å². The Bertz CT molecular complexity index is 235. The molecule has 0 aliphatic heterocycles. The summed E-state index contributed by atoms with van der Waals surface area (Å²) in [5, 5.41) is 0. The average molecular weight is 249 g/mol. The van der Waals surface area contributed by atoms with Crippen molar-refractivity contribution in [2.45, 2.75) is 52.3 Å². The van der Waals surface area contributed by atoms with Gasteiger partial charge in [0.2, 0.25) is 0 Å². The van der Waals surface area contributed by atoms with Crippen molar-refractivity contribution in [1.29, 1.82) is 0 Å². The molecular formula is C13H27NOS. The zero-order valence-corrected chi connectivity index (χ0v) is 12.9. The molecule has 0 saturated carbocycles. The topological polar surface area (TPSA) is 20.3 Å². The number of ketones is 1. The van der Waals surface area contributed by atoms with E-state index in [0.29, 0.717) is 5.78 Å². The highest BCUT2D eigenvalue weighted by molar-refractivity contribution is 8.00. The van der Waals surface area contributed by atoms with Gasteiger partial charge in [0.15, 0.2) is 5.78 Å². The zero-order valence-electron chi connectivity index (χ0n) is 12.0. The Morgan fingerprint density at radius 2 is 1.62 bits per heavy atom. The molecule has 0 rings (SSSR count). The Morgan fingerprint density at radius 1 is 1.19 bits per heavy atom. The van der Waals surface area contributed by atoms with Crippen molar-refractivity contribution in [3.8, 4) is 0 Å². The average Bonchev–Trinajstić information content (AvgIpc) is 1.99. The van der Waals surface area contributed by atoms with Crippen LogP contribution in [0, 0.1) is 5.41 Å². The van der Waals surface area contributed by atoms with E-state index in [1.54, 1.807) is 0 Å². The number of hydrogen-bond acceptors (Lipinski definition) is 3. The zero-order chi connectivity index (χ0) is 13.1. The lowest BCUT2D eigenvalue weighted by molar-refractivity contribution is -0.130. The van der Waals surface area contributed by atoms with Gasteiger partial charge in [0, 0.05) is 15.9 Å². The monoisotopic (exact) mass is 249 g/mol. The van der Waals surface area contributed by atoms with Crippen LogP contribution >= 0.6 is 11.8 Å². The molecule has 96 valence electrons. The van der Waals surface area contributed by atoms with Crippen molar-refractivity contribution in [3.63, 3.8) is 0 Å². The molecule has 0 bridgehead atoms. The van der Waals surface area contributed by atoms with Crippen LogP contribution in [-0.4, -0.2) is 41.3 Å². The van der Waals surface area contributed by atoms with E-state index in [-0.39, 0.29) is 16.2 Å². The fourth-order valence-electron chi connectivity index (χ4n) is 1.29. The van der Waals surface area contributed by atoms with Gasteiger partial charge in [-0.25, -0.2) is 0 Å². The van der Waals surface area contributed by atoms with E-state index in [9.17, 15) is 4.79 Å². The number of carbonyl (C=O) groups excluding carboxylic acids is 1. The molecule has 2 nitrogen and oxygen atoms in total. The molecule has 0 aromatic rings. The molecule has 0 aliphatic rings. The van der Waals surface area contributed by atoms with E-state index in [0.717, 1.165) is 5.75 Å². The third kappa shape index (κ3) is 5.90. The number of thioether (sulfide) groups is 1. The molecule has 0 aromatic carbocycles. The van der Waals surface area contributed by atoms with Crippen LogP contribution in [0.3, 0.4) is 0 Å². The first-order chi connectivity index (χ1) is 6.95. The van der Waals surface area contributed by atoms with E-state index < -0.39 is 0 Å². The van der Waals surface area contributed by atoms with Crippen molar-refractivity contribution in [2.75, 3.05) is 19.8 Å². The highest BCUT2D eigenvalue weighted by Crippen LogP contribution is 2.27. The third-order valence-corrected chi connectivity index (χ3v) is 3.69. The van der Waals surface area contributed by atoms with Crippen molar-refractivity contribution in [3.05, 3.63) is 0 Å². The van der Waals surface area contributed by atoms with E-state index in [1.165, 1.54) is 0 Å². The van der Waals surface area contributed by atoms with E-state index in [2.05, 4.69) is 20.8 Å². The van der Waals surface area contributed by atoms with Gasteiger partial charge in [-0.3, -0.25) is 9.69 Å². The SMILES string of the molecule is CC(C)(C)SCC(C(=O)C(C)(C)C)N([14CH3])[14CH3]. The number of hydrogen-bond donors (Lipinski definition) is 0. The summed E-state index contributed by atoms with van der Waals surface area (Å²) in [4.78, 5) is 14.3. The minimum atomic E-state index is -0.257. The molecule has 0 aromatic heterocycles. The summed E-state index contributed by atoms with van der Waals surface area (Å²) in [6, 6.07) is 0.0178. The first-order valence-electron chi connectivity index (χ1n) is 5.80. The summed E-state index contributed by atoms with van der Waals surface area (Å²) >= 11 is 1.85. The van der Waals surface area contributed by atoms with Gasteiger partial charge in [-0.2, -0.15) is 11.8 Å². The van der Waals surface area contributed by atoms with Crippen molar-refractivity contribution >= 4 is 17.5 Å². The van der Waals surface area contributed by atoms with E-state index >= 15 is 0 Å². The maximum absolute atomic E-state index is 12.3. The standard InChI is InChI=1S/C13H27NOS/c1-12(2,3)11(15)10(14(7)8)9-16-13(4,5)6/h10H,9H2,1-8H3/i7+2,8+2. The first kappa shape index (κ1) is 16.0. The Hall–Kier alpha value is -0.0200. The molecule has 1 unspecified atom stereocenters. The number of likely N-dealkylation sites (N-methyl/N-ethyl adjacent to an activating group) is 1. The van der Waals surface area contributed by atoms with Crippen LogP contribution in [0.25, 0.3) is 0 Å². The Morgan fingerprint density at radius 3 is 1.88 bits per heavy atom. The van der Waals surface area contributed by atoms with E-state index in [1.807, 2.05) is 51.5 Å². The van der Waals surface area contributed by atoms with Crippen molar-refractivity contribution < 1.29 is 4.79 Å². The minimum absolute atomic E-state index is 0.0178. The molecule has 0 fully saturated rings. The van der Waals surface area contributed by atoms with Crippen molar-refractivity contribution in [2.24, 2.45) is 5.41 Å². The highest BCUT2D eigenvalue weighted by Gasteiger charge is 2.31. The van der Waals surface area contributed by atoms with Crippen LogP contribution in [0.4, 0.5) is 0 Å². The third-order valence-electron chi connectivity index (χ3n) is 2.34. The fraction of sp³-hybridized carbons (Fsp3) is 0.923. The van der Waals surface area contributed by atoms with Crippen LogP contribution in [-0.2, 0) is 4.79 Å². The molecule has 16 heavy (non-hydrogen) atoms. The van der Waals surface area contributed by atoms with Crippen LogP contribution in [0.1, 0.15) is 41.5 Å². The molecule has 0 amide bonds. The maximum Gasteiger partial charge on any atom is 0.156 e. The van der Waals surface area contributed by atoms with Gasteiger partial charge in [0.25, 0.3) is 0 Å². The summed E-state index contributed by atoms with van der Waals surface area (Å²) < 4.78 is 0.215. The number of nitrogens with zero attached hydrogens (tertiary/aromatic N) is 1. The summed E-state index contributed by atoms with van der Waals surface area (Å²) in [7, 11) is 3.97. The Labute approximate surface area is 105 Å². The molecule has 3 heteroatoms. The molecule has 0 spiro atoms. The van der Waals surface area contributed by atoms with Gasteiger partial charge in [0.1, 0.15) is 0 Å². The number of Topliss-reactive ketones (excluding diaryl/α,β-unsaturated/α-hetero) is 1. The number of rotatable bonds is 4. The lowest BCUT2D eigenvalue weighted by Gasteiger charge is -2.31. The van der Waals surface area contributed by atoms with Gasteiger partial charge in [-0.05, 0) is 14.1 Å². The Kier molecular flexibility index (Phi) is 5.54. The molecular weight excluding hydrogens is 222 g/mol. The van der Waals surface area contributed by atoms with Crippen LogP contribution in [0.2, 0.25) is 0 Å². The lowest BCUT2D eigenvalue weighted by atomic mass is 9.87. The highest BCUT2D eigenvalue weighted by atomic mass is 32.2. The van der Waals surface area contributed by atoms with Gasteiger partial charge in [-0.1, -0.05) is 41.5 Å². The van der Waals surface area contributed by atoms with E-state index in [4.69, 9.17) is 0 Å². The largest absolute Gasteiger partial charge is 0.299 e. The van der Waals surface area contributed by atoms with Crippen LogP contribution in [0.5, 0.6) is 0 Å². The second-order valence-corrected chi connectivity index (χ2v) is 8.36. The summed E-state index contributed by atoms with van der Waals surface area (Å²) in [5.74, 6) is 1.20. The maximum atomic E-state index is 12.3. The summed E-state index contributed by atoms with van der Waals surface area (Å²) in [6.45, 7) is 12.5. The summed E-state index contributed by atoms with van der Waals surface area (Å²) in [5.41, 5.74) is -0.257. The van der Waals surface area contributed by atoms with Gasteiger partial charge < -0.3 is 0 Å². The molecule has 0 saturated heterocycles. The quantitative estimate of drug-likeness (QED) is 0.764. The normalized spacial score (nSPS) is 15.3. The first-order valence-corrected chi connectivity index (χ1v) is 6.78. The molecule has 0 aliphatic carbocycles. The molecule has 0 radical (unpaired) electrons. The molecule has 0 heterocycles. The predicted octanol–water partition coefficient (Wildman–Crippen LogP) is 3.06. The predicted molar refractivity (Wildman–Crippen MR) is 74.1 cm³/mol. The van der Waals surface area contributed by atoms with Crippen LogP contribution < -0.4 is 0 Å². The Balaban J connectivity index is 4.59. The minimum Gasteiger partial charge on any atom is -0.299 e. The summed E-state index contributed by atoms with van der Waals surface area (Å²) in [6.07, 6.45) is 0. The van der Waals surface area contributed by atoms with Gasteiger partial charge in [0.05, 0.1) is 6.04 Å². The lowest BCUT2D eigenvalue weighted by Crippen LogP contribution is -2.44. The van der Waals surface area contributed by atoms with Gasteiger partial charge >= 0.3 is 0 Å². The molecule has 1 atom stereocenters. The smallest absolute Gasteiger partial charge is 0.156 e.